The van der Waals surface area contributed by atoms with Gasteiger partial charge in [-0.15, -0.1) is 0 Å². The zero-order chi connectivity index (χ0) is 22.9. The van der Waals surface area contributed by atoms with Crippen molar-refractivity contribution < 1.29 is 0 Å². The normalized spacial score (nSPS) is 11.4. The fourth-order valence-electron chi connectivity index (χ4n) is 4.30. The van der Waals surface area contributed by atoms with E-state index in [0.717, 1.165) is 0 Å². The molecule has 0 bridgehead atoms. The monoisotopic (exact) mass is 661 g/mol. The summed E-state index contributed by atoms with van der Waals surface area (Å²) in [6.07, 6.45) is 0. The molecule has 0 saturated carbocycles. The van der Waals surface area contributed by atoms with E-state index in [4.69, 9.17) is 0 Å². The molecule has 0 saturated heterocycles. The standard InChI is InChI=1S/3C9H12S.Pb/c3*1-6-4-7(2)9(10)8(3)5-6;/h3*4-5,10H,1-3H3;/q;;;+3/p-3. The van der Waals surface area contributed by atoms with Crippen molar-refractivity contribution in [2.75, 3.05) is 0 Å². The van der Waals surface area contributed by atoms with E-state index in [-0.39, 0.29) is 0 Å². The first-order valence-corrected chi connectivity index (χ1v) is 27.4. The van der Waals surface area contributed by atoms with Crippen LogP contribution in [0.25, 0.3) is 0 Å². The Bertz CT molecular complexity index is 907. The van der Waals surface area contributed by atoms with Gasteiger partial charge in [-0.25, -0.2) is 0 Å². The molecular weight excluding hydrogens is 628 g/mol. The molecule has 0 aliphatic heterocycles. The average Bonchev–Trinajstić information content (AvgIpc) is 2.63. The number of aryl methyl sites for hydroxylation is 9. The van der Waals surface area contributed by atoms with E-state index >= 15 is 0 Å². The fourth-order valence-corrected chi connectivity index (χ4v) is 41.2. The van der Waals surface area contributed by atoms with Crippen molar-refractivity contribution in [3.05, 3.63) is 86.5 Å². The first-order chi connectivity index (χ1) is 14.5. The van der Waals surface area contributed by atoms with Gasteiger partial charge in [0.2, 0.25) is 0 Å². The number of benzene rings is 3. The van der Waals surface area contributed by atoms with Gasteiger partial charge in [-0.3, -0.25) is 0 Å². The van der Waals surface area contributed by atoms with Crippen LogP contribution in [0.5, 0.6) is 0 Å². The summed E-state index contributed by atoms with van der Waals surface area (Å²) in [5.41, 5.74) is 12.7. The topological polar surface area (TPSA) is 0 Å². The summed E-state index contributed by atoms with van der Waals surface area (Å²) >= 11 is -2.29. The Hall–Kier alpha value is -0.368. The van der Waals surface area contributed by atoms with Gasteiger partial charge in [-0.05, 0) is 0 Å². The van der Waals surface area contributed by atoms with Crippen LogP contribution in [0.3, 0.4) is 0 Å². The summed E-state index contributed by atoms with van der Waals surface area (Å²) < 4.78 is 0. The van der Waals surface area contributed by atoms with E-state index in [1.165, 1.54) is 64.8 Å². The Balaban J connectivity index is 2.02. The molecule has 0 aliphatic carbocycles. The predicted molar refractivity (Wildman–Crippen MR) is 145 cm³/mol. The Labute approximate surface area is 205 Å². The molecule has 1 radical (unpaired) electrons. The van der Waals surface area contributed by atoms with Crippen molar-refractivity contribution in [3.8, 4) is 0 Å². The molecule has 0 heterocycles. The molecule has 3 aromatic carbocycles. The molecule has 3 aromatic rings. The van der Waals surface area contributed by atoms with Crippen molar-refractivity contribution >= 4 is 43.1 Å². The van der Waals surface area contributed by atoms with Crippen molar-refractivity contribution in [2.45, 2.75) is 77.0 Å². The Morgan fingerprint density at radius 2 is 0.581 bits per heavy atom. The molecule has 0 nitrogen and oxygen atoms in total. The predicted octanol–water partition coefficient (Wildman–Crippen LogP) is 9.12. The second-order valence-corrected chi connectivity index (χ2v) is 37.2. The van der Waals surface area contributed by atoms with Crippen LogP contribution in [0.1, 0.15) is 50.1 Å². The van der Waals surface area contributed by atoms with Crippen molar-refractivity contribution in [3.63, 3.8) is 0 Å². The van der Waals surface area contributed by atoms with Crippen molar-refractivity contribution in [2.24, 2.45) is 0 Å². The van der Waals surface area contributed by atoms with E-state index in [9.17, 15) is 0 Å². The molecule has 0 atom stereocenters. The van der Waals surface area contributed by atoms with Crippen LogP contribution in [-0.2, 0) is 0 Å². The molecule has 4 heteroatoms. The van der Waals surface area contributed by atoms with Crippen LogP contribution in [0.2, 0.25) is 0 Å². The first kappa shape index (κ1) is 25.3. The van der Waals surface area contributed by atoms with Crippen molar-refractivity contribution in [1.82, 2.24) is 0 Å². The van der Waals surface area contributed by atoms with Crippen LogP contribution in [0.15, 0.2) is 51.1 Å². The fraction of sp³-hybridized carbons (Fsp3) is 0.333. The Morgan fingerprint density at radius 3 is 0.774 bits per heavy atom. The maximum atomic E-state index is 2.35. The second-order valence-electron chi connectivity index (χ2n) is 8.74. The second kappa shape index (κ2) is 10.7. The molecule has 0 aromatic heterocycles. The van der Waals surface area contributed by atoms with Crippen LogP contribution in [0.4, 0.5) is 0 Å². The molecular formula is C27H33PbS3. The van der Waals surface area contributed by atoms with Gasteiger partial charge >= 0.3 is 207 Å². The molecule has 0 fully saturated rings. The van der Waals surface area contributed by atoms with E-state index < -0.39 is 18.2 Å². The quantitative estimate of drug-likeness (QED) is 0.242. The summed E-state index contributed by atoms with van der Waals surface area (Å²) in [6.45, 7) is 20.3. The van der Waals surface area contributed by atoms with Crippen LogP contribution < -0.4 is 0 Å². The van der Waals surface area contributed by atoms with E-state index in [1.54, 1.807) is 0 Å². The number of hydrogen-bond acceptors (Lipinski definition) is 3. The first-order valence-electron chi connectivity index (χ1n) is 10.7. The SMILES string of the molecule is Cc1cc(C)c([S][Pb]([S]c2c(C)cc(C)cc2C)[S]c2c(C)cc(C)cc2C)c(C)c1. The zero-order valence-electron chi connectivity index (χ0n) is 20.2. The van der Waals surface area contributed by atoms with Gasteiger partial charge < -0.3 is 0 Å². The van der Waals surface area contributed by atoms with Gasteiger partial charge in [0.1, 0.15) is 0 Å². The number of rotatable bonds is 6. The molecule has 0 amide bonds. The van der Waals surface area contributed by atoms with Crippen molar-refractivity contribution in [1.29, 1.82) is 0 Å². The number of hydrogen-bond donors (Lipinski definition) is 0. The van der Waals surface area contributed by atoms with Gasteiger partial charge in [-0.1, -0.05) is 0 Å². The summed E-state index contributed by atoms with van der Waals surface area (Å²) in [5.74, 6) is 0. The Kier molecular flexibility index (Phi) is 8.72. The molecule has 0 spiro atoms. The molecule has 0 unspecified atom stereocenters. The summed E-state index contributed by atoms with van der Waals surface area (Å²) in [4.78, 5) is 4.54. The van der Waals surface area contributed by atoms with Crippen LogP contribution >= 0.6 is 24.9 Å². The van der Waals surface area contributed by atoms with E-state index in [2.05, 4.69) is 124 Å². The Morgan fingerprint density at radius 1 is 0.387 bits per heavy atom. The van der Waals surface area contributed by atoms with Crippen LogP contribution in [0, 0.1) is 62.3 Å². The zero-order valence-corrected chi connectivity index (χ0v) is 26.5. The van der Waals surface area contributed by atoms with Gasteiger partial charge in [-0.2, -0.15) is 0 Å². The summed E-state index contributed by atoms with van der Waals surface area (Å²) in [7, 11) is 6.67. The molecule has 3 rings (SSSR count). The minimum absolute atomic E-state index is 1.36. The average molecular weight is 661 g/mol. The maximum absolute atomic E-state index is 2.35. The van der Waals surface area contributed by atoms with Gasteiger partial charge in [0.05, 0.1) is 0 Å². The third kappa shape index (κ3) is 6.36. The molecule has 0 aliphatic rings. The van der Waals surface area contributed by atoms with Crippen LogP contribution in [-0.4, -0.2) is 18.2 Å². The summed E-state index contributed by atoms with van der Waals surface area (Å²) in [5, 5.41) is 0. The van der Waals surface area contributed by atoms with Gasteiger partial charge in [0.25, 0.3) is 0 Å². The molecule has 31 heavy (non-hydrogen) atoms. The third-order valence-electron chi connectivity index (χ3n) is 5.37. The van der Waals surface area contributed by atoms with E-state index in [1.807, 2.05) is 0 Å². The molecule has 163 valence electrons. The molecule has 0 N–H and O–H groups in total. The minimum atomic E-state index is -2.29. The third-order valence-corrected chi connectivity index (χ3v) is 34.5. The van der Waals surface area contributed by atoms with E-state index in [0.29, 0.717) is 0 Å². The van der Waals surface area contributed by atoms with Gasteiger partial charge in [0.15, 0.2) is 0 Å². The summed E-state index contributed by atoms with van der Waals surface area (Å²) in [6, 6.07) is 14.1. The van der Waals surface area contributed by atoms with Gasteiger partial charge in [0, 0.05) is 0 Å².